The second-order valence-electron chi connectivity index (χ2n) is 4.18. The third kappa shape index (κ3) is 2.95. The number of hydrogen-bond acceptors (Lipinski definition) is 4. The Kier molecular flexibility index (Phi) is 4.01. The fraction of sp³-hybridized carbons (Fsp3) is 0.143. The lowest BCUT2D eigenvalue weighted by atomic mass is 10.2. The molecular weight excluding hydrogens is 276 g/mol. The Hall–Kier alpha value is -2.39. The van der Waals surface area contributed by atoms with Crippen molar-refractivity contribution in [1.82, 2.24) is 0 Å². The Bertz CT molecular complexity index is 750. The Balaban J connectivity index is 2.38. The first-order valence-corrected chi connectivity index (χ1v) is 7.52. The second kappa shape index (κ2) is 5.72. The molecule has 0 heterocycles. The van der Waals surface area contributed by atoms with Gasteiger partial charge < -0.3 is 4.74 Å². The Morgan fingerprint density at radius 1 is 1.15 bits per heavy atom. The molecule has 0 unspecified atom stereocenters. The first-order valence-electron chi connectivity index (χ1n) is 5.86. The van der Waals surface area contributed by atoms with Crippen LogP contribution in [-0.2, 0) is 15.6 Å². The highest BCUT2D eigenvalue weighted by Crippen LogP contribution is 2.31. The summed E-state index contributed by atoms with van der Waals surface area (Å²) in [6.45, 7) is 0. The average molecular weight is 289 g/mol. The van der Waals surface area contributed by atoms with E-state index in [0.29, 0.717) is 11.3 Å². The lowest BCUT2D eigenvalue weighted by molar-refractivity contribution is 0.417. The largest absolute Gasteiger partial charge is 0.489 e. The molecule has 6 heteroatoms. The molecule has 0 N–H and O–H groups in total. The molecule has 20 heavy (non-hydrogen) atoms. The first kappa shape index (κ1) is 14.0. The molecular formula is C14H13N2O3S+. The Labute approximate surface area is 117 Å². The number of sulfone groups is 1. The number of hydrogen-bond donors (Lipinski definition) is 0. The van der Waals surface area contributed by atoms with Crippen LogP contribution >= 0.6 is 0 Å². The van der Waals surface area contributed by atoms with Crippen molar-refractivity contribution in [2.75, 3.05) is 7.11 Å². The maximum Gasteiger partial charge on any atom is 0.427 e. The Morgan fingerprint density at radius 2 is 1.85 bits per heavy atom. The minimum atomic E-state index is -3.50. The van der Waals surface area contributed by atoms with Gasteiger partial charge in [0.05, 0.1) is 23.8 Å². The van der Waals surface area contributed by atoms with Crippen LogP contribution in [0.5, 0.6) is 5.75 Å². The summed E-state index contributed by atoms with van der Waals surface area (Å²) >= 11 is 0. The molecule has 0 saturated carbocycles. The van der Waals surface area contributed by atoms with Crippen LogP contribution in [-0.4, -0.2) is 15.5 Å². The fourth-order valence-electron chi connectivity index (χ4n) is 1.82. The molecule has 0 aliphatic carbocycles. The van der Waals surface area contributed by atoms with E-state index in [4.69, 9.17) is 10.1 Å². The SMILES string of the molecule is COc1ccc(S(=O)(=O)Cc2ccccc2)cc1[N+]#N. The molecule has 0 aliphatic rings. The summed E-state index contributed by atoms with van der Waals surface area (Å²) in [6, 6.07) is 13.1. The van der Waals surface area contributed by atoms with Gasteiger partial charge in [-0.3, -0.25) is 0 Å². The van der Waals surface area contributed by atoms with Gasteiger partial charge in [0.1, 0.15) is 0 Å². The highest BCUT2D eigenvalue weighted by atomic mass is 32.2. The minimum Gasteiger partial charge on any atom is -0.489 e. The molecule has 0 aliphatic heterocycles. The highest BCUT2D eigenvalue weighted by molar-refractivity contribution is 7.90. The van der Waals surface area contributed by atoms with Crippen LogP contribution in [0.25, 0.3) is 4.98 Å². The number of diazo groups is 1. The van der Waals surface area contributed by atoms with Gasteiger partial charge in [0, 0.05) is 0 Å². The predicted octanol–water partition coefficient (Wildman–Crippen LogP) is 3.15. The van der Waals surface area contributed by atoms with E-state index in [0.717, 1.165) is 0 Å². The zero-order chi connectivity index (χ0) is 14.6. The number of nitrogens with zero attached hydrogens (tertiary/aromatic N) is 2. The van der Waals surface area contributed by atoms with Crippen LogP contribution in [0.1, 0.15) is 5.56 Å². The third-order valence-electron chi connectivity index (χ3n) is 2.82. The standard InChI is InChI=1S/C14H13N2O3S/c1-19-14-8-7-12(9-13(14)16-15)20(17,18)10-11-5-3-2-4-6-11/h2-9H,10H2,1H3/q+1. The normalized spacial score (nSPS) is 10.8. The molecule has 5 nitrogen and oxygen atoms in total. The average Bonchev–Trinajstić information content (AvgIpc) is 2.47. The van der Waals surface area contributed by atoms with Crippen molar-refractivity contribution < 1.29 is 13.2 Å². The van der Waals surface area contributed by atoms with Crippen molar-refractivity contribution >= 4 is 15.5 Å². The van der Waals surface area contributed by atoms with E-state index >= 15 is 0 Å². The molecule has 102 valence electrons. The van der Waals surface area contributed by atoms with Crippen molar-refractivity contribution in [3.63, 3.8) is 0 Å². The van der Waals surface area contributed by atoms with Gasteiger partial charge in [-0.15, -0.1) is 0 Å². The van der Waals surface area contributed by atoms with Crippen molar-refractivity contribution in [3.05, 3.63) is 59.1 Å². The Morgan fingerprint density at radius 3 is 2.45 bits per heavy atom. The summed E-state index contributed by atoms with van der Waals surface area (Å²) in [6.07, 6.45) is 0. The smallest absolute Gasteiger partial charge is 0.427 e. The summed E-state index contributed by atoms with van der Waals surface area (Å²) in [4.78, 5) is 3.13. The zero-order valence-corrected chi connectivity index (χ0v) is 11.7. The van der Waals surface area contributed by atoms with Crippen LogP contribution in [0.2, 0.25) is 0 Å². The lowest BCUT2D eigenvalue weighted by Gasteiger charge is -2.04. The van der Waals surface area contributed by atoms with Crippen molar-refractivity contribution in [3.8, 4) is 5.75 Å². The van der Waals surface area contributed by atoms with Gasteiger partial charge in [-0.1, -0.05) is 30.3 Å². The van der Waals surface area contributed by atoms with Crippen LogP contribution in [0, 0.1) is 5.39 Å². The summed E-state index contributed by atoms with van der Waals surface area (Å²) in [5.41, 5.74) is 0.785. The monoisotopic (exact) mass is 289 g/mol. The minimum absolute atomic E-state index is 0.0848. The molecule has 2 rings (SSSR count). The van der Waals surface area contributed by atoms with Gasteiger partial charge in [-0.25, -0.2) is 8.42 Å². The summed E-state index contributed by atoms with van der Waals surface area (Å²) in [5.74, 6) is 0.205. The summed E-state index contributed by atoms with van der Waals surface area (Å²) in [5, 5.41) is 8.88. The van der Waals surface area contributed by atoms with E-state index < -0.39 is 9.84 Å². The van der Waals surface area contributed by atoms with Gasteiger partial charge in [-0.2, -0.15) is 0 Å². The van der Waals surface area contributed by atoms with Crippen molar-refractivity contribution in [2.24, 2.45) is 0 Å². The highest BCUT2D eigenvalue weighted by Gasteiger charge is 2.22. The van der Waals surface area contributed by atoms with E-state index in [-0.39, 0.29) is 16.3 Å². The van der Waals surface area contributed by atoms with Gasteiger partial charge >= 0.3 is 5.69 Å². The van der Waals surface area contributed by atoms with E-state index in [1.54, 1.807) is 24.3 Å². The van der Waals surface area contributed by atoms with E-state index in [2.05, 4.69) is 4.98 Å². The summed E-state index contributed by atoms with van der Waals surface area (Å²) < 4.78 is 29.6. The van der Waals surface area contributed by atoms with E-state index in [1.807, 2.05) is 6.07 Å². The van der Waals surface area contributed by atoms with Gasteiger partial charge in [0.2, 0.25) is 11.1 Å². The maximum atomic E-state index is 12.3. The third-order valence-corrected chi connectivity index (χ3v) is 4.50. The molecule has 2 aromatic rings. The van der Waals surface area contributed by atoms with Crippen LogP contribution in [0.4, 0.5) is 5.69 Å². The number of ether oxygens (including phenoxy) is 1. The van der Waals surface area contributed by atoms with Crippen LogP contribution < -0.4 is 4.74 Å². The predicted molar refractivity (Wildman–Crippen MR) is 75.1 cm³/mol. The first-order chi connectivity index (χ1) is 9.56. The van der Waals surface area contributed by atoms with Crippen LogP contribution in [0.15, 0.2) is 53.4 Å². The van der Waals surface area contributed by atoms with Crippen molar-refractivity contribution in [2.45, 2.75) is 10.6 Å². The van der Waals surface area contributed by atoms with Crippen LogP contribution in [0.3, 0.4) is 0 Å². The number of benzene rings is 2. The molecule has 0 radical (unpaired) electrons. The lowest BCUT2D eigenvalue weighted by Crippen LogP contribution is -2.04. The quantitative estimate of drug-likeness (QED) is 0.810. The number of methoxy groups -OCH3 is 1. The second-order valence-corrected chi connectivity index (χ2v) is 6.17. The van der Waals surface area contributed by atoms with Gasteiger partial charge in [0.25, 0.3) is 0 Å². The molecule has 0 saturated heterocycles. The zero-order valence-electron chi connectivity index (χ0n) is 10.9. The molecule has 0 amide bonds. The molecule has 0 bridgehead atoms. The topological polar surface area (TPSA) is 71.5 Å². The van der Waals surface area contributed by atoms with Crippen molar-refractivity contribution in [1.29, 1.82) is 5.39 Å². The summed E-state index contributed by atoms with van der Waals surface area (Å²) in [7, 11) is -2.08. The van der Waals surface area contributed by atoms with Gasteiger partial charge in [-0.05, 0) is 17.7 Å². The molecule has 0 atom stereocenters. The molecule has 0 spiro atoms. The fourth-order valence-corrected chi connectivity index (χ4v) is 3.18. The van der Waals surface area contributed by atoms with Gasteiger partial charge in [0.15, 0.2) is 14.8 Å². The van der Waals surface area contributed by atoms with E-state index in [1.165, 1.54) is 25.3 Å². The van der Waals surface area contributed by atoms with E-state index in [9.17, 15) is 8.42 Å². The number of rotatable bonds is 4. The maximum absolute atomic E-state index is 12.3. The molecule has 0 fully saturated rings. The molecule has 0 aromatic heterocycles. The molecule has 2 aromatic carbocycles.